The Labute approximate surface area is 109 Å². The average Bonchev–Trinajstić information content (AvgIpc) is 2.32. The van der Waals surface area contributed by atoms with Gasteiger partial charge in [0.2, 0.25) is 0 Å². The molecule has 0 aliphatic heterocycles. The highest BCUT2D eigenvalue weighted by Crippen LogP contribution is 2.23. The van der Waals surface area contributed by atoms with Crippen molar-refractivity contribution in [1.29, 1.82) is 0 Å². The SMILES string of the molecule is CNCc1ccc(Oc2cccc(Br)c2)cn1. The van der Waals surface area contributed by atoms with Crippen LogP contribution >= 0.6 is 15.9 Å². The smallest absolute Gasteiger partial charge is 0.145 e. The first-order valence-electron chi connectivity index (χ1n) is 5.31. The highest BCUT2D eigenvalue weighted by Gasteiger charge is 1.99. The van der Waals surface area contributed by atoms with Gasteiger partial charge in [0.05, 0.1) is 11.9 Å². The number of rotatable bonds is 4. The molecule has 0 bridgehead atoms. The standard InChI is InChI=1S/C13H13BrN2O/c1-15-8-11-5-6-13(9-16-11)17-12-4-2-3-10(14)7-12/h2-7,9,15H,8H2,1H3. The molecule has 0 atom stereocenters. The van der Waals surface area contributed by atoms with Crippen molar-refractivity contribution in [3.63, 3.8) is 0 Å². The Morgan fingerprint density at radius 1 is 1.24 bits per heavy atom. The van der Waals surface area contributed by atoms with Crippen molar-refractivity contribution < 1.29 is 4.74 Å². The summed E-state index contributed by atoms with van der Waals surface area (Å²) < 4.78 is 6.67. The number of benzene rings is 1. The van der Waals surface area contributed by atoms with Crippen molar-refractivity contribution in [3.8, 4) is 11.5 Å². The zero-order chi connectivity index (χ0) is 12.1. The molecule has 0 aliphatic carbocycles. The summed E-state index contributed by atoms with van der Waals surface area (Å²) in [4.78, 5) is 4.29. The Bertz CT molecular complexity index is 485. The van der Waals surface area contributed by atoms with Crippen LogP contribution in [0.1, 0.15) is 5.69 Å². The summed E-state index contributed by atoms with van der Waals surface area (Å²) in [5, 5.41) is 3.05. The van der Waals surface area contributed by atoms with Crippen molar-refractivity contribution >= 4 is 15.9 Å². The van der Waals surface area contributed by atoms with Crippen LogP contribution in [0.4, 0.5) is 0 Å². The van der Waals surface area contributed by atoms with Crippen molar-refractivity contribution in [2.75, 3.05) is 7.05 Å². The second-order valence-corrected chi connectivity index (χ2v) is 4.49. The number of nitrogens with zero attached hydrogens (tertiary/aromatic N) is 1. The summed E-state index contributed by atoms with van der Waals surface area (Å²) in [7, 11) is 1.90. The highest BCUT2D eigenvalue weighted by atomic mass is 79.9. The van der Waals surface area contributed by atoms with Crippen LogP contribution < -0.4 is 10.1 Å². The molecule has 2 rings (SSSR count). The second-order valence-electron chi connectivity index (χ2n) is 3.58. The number of nitrogens with one attached hydrogen (secondary N) is 1. The summed E-state index contributed by atoms with van der Waals surface area (Å²) in [5.74, 6) is 1.53. The first-order chi connectivity index (χ1) is 8.28. The Hall–Kier alpha value is -1.39. The van der Waals surface area contributed by atoms with Gasteiger partial charge in [0.25, 0.3) is 0 Å². The van der Waals surface area contributed by atoms with E-state index in [1.807, 2.05) is 43.4 Å². The summed E-state index contributed by atoms with van der Waals surface area (Å²) >= 11 is 3.40. The number of halogens is 1. The van der Waals surface area contributed by atoms with Crippen molar-refractivity contribution in [2.45, 2.75) is 6.54 Å². The predicted octanol–water partition coefficient (Wildman–Crippen LogP) is 3.36. The minimum absolute atomic E-state index is 0.739. The molecule has 0 unspecified atom stereocenters. The van der Waals surface area contributed by atoms with Crippen LogP contribution in [0, 0.1) is 0 Å². The molecule has 88 valence electrons. The van der Waals surface area contributed by atoms with E-state index in [0.717, 1.165) is 28.2 Å². The molecular formula is C13H13BrN2O. The Kier molecular flexibility index (Phi) is 4.12. The molecule has 1 aromatic carbocycles. The van der Waals surface area contributed by atoms with E-state index in [1.54, 1.807) is 6.20 Å². The van der Waals surface area contributed by atoms with Gasteiger partial charge in [-0.1, -0.05) is 22.0 Å². The summed E-state index contributed by atoms with van der Waals surface area (Å²) in [5.41, 5.74) is 0.995. The lowest BCUT2D eigenvalue weighted by Gasteiger charge is -2.06. The second kappa shape index (κ2) is 5.80. The summed E-state index contributed by atoms with van der Waals surface area (Å²) in [6, 6.07) is 11.6. The molecule has 4 heteroatoms. The van der Waals surface area contributed by atoms with E-state index in [0.29, 0.717) is 0 Å². The molecule has 0 fully saturated rings. The highest BCUT2D eigenvalue weighted by molar-refractivity contribution is 9.10. The predicted molar refractivity (Wildman–Crippen MR) is 71.2 cm³/mol. The molecule has 1 N–H and O–H groups in total. The average molecular weight is 293 g/mol. The Morgan fingerprint density at radius 2 is 2.12 bits per heavy atom. The van der Waals surface area contributed by atoms with E-state index in [2.05, 4.69) is 26.2 Å². The van der Waals surface area contributed by atoms with Crippen molar-refractivity contribution in [1.82, 2.24) is 10.3 Å². The van der Waals surface area contributed by atoms with E-state index in [-0.39, 0.29) is 0 Å². The van der Waals surface area contributed by atoms with E-state index < -0.39 is 0 Å². The summed E-state index contributed by atoms with van der Waals surface area (Å²) in [6.07, 6.45) is 1.73. The van der Waals surface area contributed by atoms with Gasteiger partial charge in [-0.2, -0.15) is 0 Å². The maximum atomic E-state index is 5.68. The van der Waals surface area contributed by atoms with Crippen LogP contribution in [0.15, 0.2) is 47.1 Å². The number of aromatic nitrogens is 1. The number of hydrogen-bond acceptors (Lipinski definition) is 3. The molecular weight excluding hydrogens is 280 g/mol. The van der Waals surface area contributed by atoms with E-state index in [9.17, 15) is 0 Å². The molecule has 0 saturated heterocycles. The fourth-order valence-corrected chi connectivity index (χ4v) is 1.80. The third-order valence-corrected chi connectivity index (χ3v) is 2.68. The van der Waals surface area contributed by atoms with Crippen LogP contribution in [0.2, 0.25) is 0 Å². The third-order valence-electron chi connectivity index (χ3n) is 2.19. The quantitative estimate of drug-likeness (QED) is 0.938. The van der Waals surface area contributed by atoms with Gasteiger partial charge < -0.3 is 10.1 Å². The van der Waals surface area contributed by atoms with Gasteiger partial charge in [-0.15, -0.1) is 0 Å². The number of hydrogen-bond donors (Lipinski definition) is 1. The van der Waals surface area contributed by atoms with Gasteiger partial charge in [0.1, 0.15) is 11.5 Å². The lowest BCUT2D eigenvalue weighted by atomic mass is 10.3. The molecule has 0 saturated carbocycles. The van der Waals surface area contributed by atoms with Crippen LogP contribution in [-0.4, -0.2) is 12.0 Å². The van der Waals surface area contributed by atoms with Gasteiger partial charge in [-0.3, -0.25) is 4.98 Å². The first kappa shape index (κ1) is 12.1. The molecule has 1 aromatic heterocycles. The van der Waals surface area contributed by atoms with Crippen LogP contribution in [0.25, 0.3) is 0 Å². The molecule has 0 amide bonds. The van der Waals surface area contributed by atoms with Gasteiger partial charge >= 0.3 is 0 Å². The molecule has 1 heterocycles. The van der Waals surface area contributed by atoms with Crippen molar-refractivity contribution in [3.05, 3.63) is 52.8 Å². The lowest BCUT2D eigenvalue weighted by Crippen LogP contribution is -2.06. The monoisotopic (exact) mass is 292 g/mol. The normalized spacial score (nSPS) is 10.2. The molecule has 17 heavy (non-hydrogen) atoms. The maximum Gasteiger partial charge on any atom is 0.145 e. The molecule has 0 aliphatic rings. The number of ether oxygens (including phenoxy) is 1. The molecule has 0 spiro atoms. The zero-order valence-electron chi connectivity index (χ0n) is 9.48. The zero-order valence-corrected chi connectivity index (χ0v) is 11.1. The minimum Gasteiger partial charge on any atom is -0.456 e. The van der Waals surface area contributed by atoms with Gasteiger partial charge in [-0.25, -0.2) is 0 Å². The Balaban J connectivity index is 2.08. The Morgan fingerprint density at radius 3 is 2.76 bits per heavy atom. The minimum atomic E-state index is 0.739. The fourth-order valence-electron chi connectivity index (χ4n) is 1.42. The van der Waals surface area contributed by atoms with Crippen molar-refractivity contribution in [2.24, 2.45) is 0 Å². The third kappa shape index (κ3) is 3.54. The summed E-state index contributed by atoms with van der Waals surface area (Å²) in [6.45, 7) is 0.761. The topological polar surface area (TPSA) is 34.1 Å². The van der Waals surface area contributed by atoms with Crippen LogP contribution in [0.5, 0.6) is 11.5 Å². The van der Waals surface area contributed by atoms with E-state index in [1.165, 1.54) is 0 Å². The fraction of sp³-hybridized carbons (Fsp3) is 0.154. The van der Waals surface area contributed by atoms with Gasteiger partial charge in [0, 0.05) is 11.0 Å². The number of pyridine rings is 1. The van der Waals surface area contributed by atoms with Gasteiger partial charge in [-0.05, 0) is 37.4 Å². The van der Waals surface area contributed by atoms with E-state index >= 15 is 0 Å². The lowest BCUT2D eigenvalue weighted by molar-refractivity contribution is 0.479. The van der Waals surface area contributed by atoms with Crippen LogP contribution in [0.3, 0.4) is 0 Å². The molecule has 2 aromatic rings. The van der Waals surface area contributed by atoms with Gasteiger partial charge in [0.15, 0.2) is 0 Å². The molecule has 3 nitrogen and oxygen atoms in total. The molecule has 0 radical (unpaired) electrons. The first-order valence-corrected chi connectivity index (χ1v) is 6.10. The van der Waals surface area contributed by atoms with E-state index in [4.69, 9.17) is 4.74 Å². The maximum absolute atomic E-state index is 5.68. The van der Waals surface area contributed by atoms with Crippen LogP contribution in [-0.2, 0) is 6.54 Å². The largest absolute Gasteiger partial charge is 0.456 e.